The lowest BCUT2D eigenvalue weighted by molar-refractivity contribution is -0.159. The number of thioether (sulfide) groups is 1. The Morgan fingerprint density at radius 1 is 1.04 bits per heavy atom. The van der Waals surface area contributed by atoms with Crippen LogP contribution in [0, 0.1) is 0 Å². The highest BCUT2D eigenvalue weighted by molar-refractivity contribution is 8.04. The van der Waals surface area contributed by atoms with Crippen molar-refractivity contribution in [3.05, 3.63) is 46.0 Å². The van der Waals surface area contributed by atoms with Gasteiger partial charge in [0, 0.05) is 4.91 Å². The minimum absolute atomic E-state index is 0.192. The van der Waals surface area contributed by atoms with E-state index < -0.39 is 40.7 Å². The highest BCUT2D eigenvalue weighted by Crippen LogP contribution is 2.49. The largest absolute Gasteiger partial charge is 0.455 e. The Kier molecular flexibility index (Phi) is 3.75. The van der Waals surface area contributed by atoms with E-state index >= 15 is 0 Å². The summed E-state index contributed by atoms with van der Waals surface area (Å²) in [6.07, 6.45) is 0. The molecule has 0 bridgehead atoms. The van der Waals surface area contributed by atoms with Crippen LogP contribution in [0.25, 0.3) is 0 Å². The summed E-state index contributed by atoms with van der Waals surface area (Å²) in [6, 6.07) is 5.59. The van der Waals surface area contributed by atoms with E-state index in [1.165, 1.54) is 16.7 Å². The molecule has 1 fully saturated rings. The van der Waals surface area contributed by atoms with Crippen LogP contribution in [-0.2, 0) is 14.3 Å². The first-order chi connectivity index (χ1) is 12.6. The second-order valence-electron chi connectivity index (χ2n) is 7.59. The smallest absolute Gasteiger partial charge is 0.356 e. The van der Waals surface area contributed by atoms with E-state index in [2.05, 4.69) is 0 Å². The second-order valence-corrected chi connectivity index (χ2v) is 8.93. The predicted molar refractivity (Wildman–Crippen MR) is 97.5 cm³/mol. The second kappa shape index (κ2) is 5.69. The number of amides is 3. The Balaban J connectivity index is 1.60. The molecule has 0 saturated carbocycles. The van der Waals surface area contributed by atoms with Crippen LogP contribution in [0.1, 0.15) is 48.4 Å². The number of rotatable bonds is 2. The molecule has 1 aromatic rings. The summed E-state index contributed by atoms with van der Waals surface area (Å²) in [5.74, 6) is -1.97. The summed E-state index contributed by atoms with van der Waals surface area (Å²) < 4.78 is 5.40. The summed E-state index contributed by atoms with van der Waals surface area (Å²) in [4.78, 5) is 53.7. The van der Waals surface area contributed by atoms with Crippen LogP contribution < -0.4 is 0 Å². The van der Waals surface area contributed by atoms with E-state index in [-0.39, 0.29) is 5.70 Å². The molecular weight excluding hydrogens is 368 g/mol. The number of hydrogen-bond acceptors (Lipinski definition) is 6. The molecule has 1 aromatic carbocycles. The predicted octanol–water partition coefficient (Wildman–Crippen LogP) is 2.14. The Morgan fingerprint density at radius 2 is 1.59 bits per heavy atom. The van der Waals surface area contributed by atoms with Gasteiger partial charge >= 0.3 is 5.97 Å². The first-order valence-electron chi connectivity index (χ1n) is 8.52. The van der Waals surface area contributed by atoms with Gasteiger partial charge in [-0.05, 0) is 39.8 Å². The van der Waals surface area contributed by atoms with Gasteiger partial charge in [0.2, 0.25) is 0 Å². The molecule has 3 aliphatic heterocycles. The monoisotopic (exact) mass is 386 g/mol. The van der Waals surface area contributed by atoms with Gasteiger partial charge in [-0.25, -0.2) is 4.79 Å². The molecule has 4 rings (SSSR count). The first kappa shape index (κ1) is 17.8. The fourth-order valence-corrected chi connectivity index (χ4v) is 4.81. The van der Waals surface area contributed by atoms with Crippen molar-refractivity contribution in [2.75, 3.05) is 0 Å². The summed E-state index contributed by atoms with van der Waals surface area (Å²) in [5.41, 5.74) is 0.101. The summed E-state index contributed by atoms with van der Waals surface area (Å²) in [7, 11) is 0. The maximum Gasteiger partial charge on any atom is 0.356 e. The van der Waals surface area contributed by atoms with Crippen molar-refractivity contribution >= 4 is 35.5 Å². The molecule has 3 aliphatic rings. The molecule has 0 N–H and O–H groups in total. The molecule has 3 heterocycles. The maximum atomic E-state index is 12.8. The van der Waals surface area contributed by atoms with E-state index in [1.807, 2.05) is 0 Å². The number of allylic oxidation sites excluding steroid dienone is 1. The molecule has 0 unspecified atom stereocenters. The SMILES string of the molecule is CC1=C(C(=O)OC(C)(C)C)N2C(=O)[C@@H](N3C(=O)c4ccccc4C3=O)[C@@H]2S1. The van der Waals surface area contributed by atoms with Crippen molar-refractivity contribution in [1.82, 2.24) is 9.80 Å². The quantitative estimate of drug-likeness (QED) is 0.440. The lowest BCUT2D eigenvalue weighted by atomic mass is 10.0. The van der Waals surface area contributed by atoms with E-state index in [9.17, 15) is 19.2 Å². The molecule has 3 amide bonds. The average molecular weight is 386 g/mol. The molecule has 8 heteroatoms. The highest BCUT2D eigenvalue weighted by Gasteiger charge is 2.61. The van der Waals surface area contributed by atoms with Gasteiger partial charge in [0.1, 0.15) is 22.7 Å². The van der Waals surface area contributed by atoms with Gasteiger partial charge in [-0.3, -0.25) is 24.2 Å². The lowest BCUT2D eigenvalue weighted by Crippen LogP contribution is -2.68. The Bertz CT molecular complexity index is 911. The molecule has 1 saturated heterocycles. The van der Waals surface area contributed by atoms with E-state index in [0.29, 0.717) is 16.0 Å². The van der Waals surface area contributed by atoms with Gasteiger partial charge in [-0.2, -0.15) is 0 Å². The number of hydrogen-bond donors (Lipinski definition) is 0. The molecule has 140 valence electrons. The zero-order valence-electron chi connectivity index (χ0n) is 15.3. The van der Waals surface area contributed by atoms with Crippen LogP contribution >= 0.6 is 11.8 Å². The zero-order valence-corrected chi connectivity index (χ0v) is 16.1. The van der Waals surface area contributed by atoms with Gasteiger partial charge in [-0.15, -0.1) is 11.8 Å². The van der Waals surface area contributed by atoms with Crippen LogP contribution in [0.2, 0.25) is 0 Å². The van der Waals surface area contributed by atoms with Crippen LogP contribution in [0.4, 0.5) is 0 Å². The fourth-order valence-electron chi connectivity index (χ4n) is 3.48. The van der Waals surface area contributed by atoms with Crippen LogP contribution in [0.15, 0.2) is 34.9 Å². The zero-order chi connectivity index (χ0) is 19.7. The number of benzene rings is 1. The summed E-state index contributed by atoms with van der Waals surface area (Å²) in [6.45, 7) is 6.98. The Labute approximate surface area is 160 Å². The Morgan fingerprint density at radius 3 is 2.11 bits per heavy atom. The van der Waals surface area contributed by atoms with Crippen LogP contribution in [0.5, 0.6) is 0 Å². The van der Waals surface area contributed by atoms with Gasteiger partial charge in [0.05, 0.1) is 11.1 Å². The fraction of sp³-hybridized carbons (Fsp3) is 0.368. The molecule has 0 spiro atoms. The molecule has 2 atom stereocenters. The van der Waals surface area contributed by atoms with Crippen LogP contribution in [-0.4, -0.2) is 50.5 Å². The van der Waals surface area contributed by atoms with Crippen molar-refractivity contribution in [2.24, 2.45) is 0 Å². The molecule has 0 radical (unpaired) electrons. The molecule has 0 aromatic heterocycles. The number of nitrogens with zero attached hydrogens (tertiary/aromatic N) is 2. The standard InChI is InChI=1S/C19H18N2O5S/c1-9-12(18(25)26-19(2,3)4)21-16(24)13(17(21)27-9)20-14(22)10-7-5-6-8-11(10)15(20)23/h5-8,13,17H,1-4H3/t13-,17+/m1/s1. The molecule has 0 aliphatic carbocycles. The van der Waals surface area contributed by atoms with Crippen molar-refractivity contribution in [3.63, 3.8) is 0 Å². The normalized spacial score (nSPS) is 24.2. The van der Waals surface area contributed by atoms with Crippen molar-refractivity contribution in [1.29, 1.82) is 0 Å². The number of ether oxygens (including phenoxy) is 1. The molecule has 7 nitrogen and oxygen atoms in total. The molecular formula is C19H18N2O5S. The topological polar surface area (TPSA) is 84.0 Å². The summed E-state index contributed by atoms with van der Waals surface area (Å²) >= 11 is 1.30. The van der Waals surface area contributed by atoms with Gasteiger partial charge < -0.3 is 4.74 Å². The lowest BCUT2D eigenvalue weighted by Gasteiger charge is -2.45. The number of carbonyl (C=O) groups excluding carboxylic acids is 4. The van der Waals surface area contributed by atoms with Crippen molar-refractivity contribution in [2.45, 2.75) is 44.7 Å². The summed E-state index contributed by atoms with van der Waals surface area (Å²) in [5, 5.41) is -0.498. The van der Waals surface area contributed by atoms with Gasteiger partial charge in [0.25, 0.3) is 17.7 Å². The van der Waals surface area contributed by atoms with E-state index in [1.54, 1.807) is 52.0 Å². The van der Waals surface area contributed by atoms with Crippen molar-refractivity contribution < 1.29 is 23.9 Å². The van der Waals surface area contributed by atoms with Gasteiger partial charge in [0.15, 0.2) is 0 Å². The Hall–Kier alpha value is -2.61. The minimum atomic E-state index is -0.919. The number of fused-ring (bicyclic) bond motifs is 2. The maximum absolute atomic E-state index is 12.8. The third-order valence-electron chi connectivity index (χ3n) is 4.58. The van der Waals surface area contributed by atoms with Crippen molar-refractivity contribution in [3.8, 4) is 0 Å². The first-order valence-corrected chi connectivity index (χ1v) is 9.40. The number of carbonyl (C=O) groups is 4. The minimum Gasteiger partial charge on any atom is -0.455 e. The van der Waals surface area contributed by atoms with Crippen LogP contribution in [0.3, 0.4) is 0 Å². The number of esters is 1. The van der Waals surface area contributed by atoms with E-state index in [0.717, 1.165) is 4.90 Å². The number of imide groups is 1. The third kappa shape index (κ3) is 2.50. The molecule has 27 heavy (non-hydrogen) atoms. The van der Waals surface area contributed by atoms with E-state index in [4.69, 9.17) is 4.74 Å². The van der Waals surface area contributed by atoms with Gasteiger partial charge in [-0.1, -0.05) is 12.1 Å². The highest BCUT2D eigenvalue weighted by atomic mass is 32.2. The number of β-lactam (4-membered cyclic amide) rings is 1. The average Bonchev–Trinajstić information content (AvgIpc) is 3.02. The third-order valence-corrected chi connectivity index (χ3v) is 5.84.